The molecule has 3 nitrogen and oxygen atoms in total. The molecule has 1 aromatic carbocycles. The van der Waals surface area contributed by atoms with Gasteiger partial charge in [0.15, 0.2) is 0 Å². The molecule has 0 aromatic heterocycles. The van der Waals surface area contributed by atoms with Crippen molar-refractivity contribution in [1.82, 2.24) is 10.2 Å². The Morgan fingerprint density at radius 1 is 1.25 bits per heavy atom. The summed E-state index contributed by atoms with van der Waals surface area (Å²) >= 11 is 0. The predicted octanol–water partition coefficient (Wildman–Crippen LogP) is 2.25. The molecular weight excluding hydrogens is 272 g/mol. The fourth-order valence-corrected chi connectivity index (χ4v) is 3.32. The number of hydrogen-bond donors (Lipinski definition) is 1. The largest absolute Gasteiger partial charge is 0.339 e. The van der Waals surface area contributed by atoms with Gasteiger partial charge >= 0.3 is 0 Å². The van der Waals surface area contributed by atoms with Crippen LogP contribution in [0.1, 0.15) is 24.8 Å². The molecule has 2 saturated heterocycles. The van der Waals surface area contributed by atoms with Crippen LogP contribution in [0.5, 0.6) is 0 Å². The third-order valence-corrected chi connectivity index (χ3v) is 4.38. The van der Waals surface area contributed by atoms with Gasteiger partial charge in [0.1, 0.15) is 0 Å². The van der Waals surface area contributed by atoms with E-state index in [1.54, 1.807) is 0 Å². The van der Waals surface area contributed by atoms with Gasteiger partial charge in [-0.1, -0.05) is 30.3 Å². The van der Waals surface area contributed by atoms with E-state index in [9.17, 15) is 4.79 Å². The van der Waals surface area contributed by atoms with Crippen LogP contribution in [0.4, 0.5) is 0 Å². The molecule has 20 heavy (non-hydrogen) atoms. The van der Waals surface area contributed by atoms with Crippen molar-refractivity contribution in [3.8, 4) is 0 Å². The van der Waals surface area contributed by atoms with Crippen molar-refractivity contribution in [3.05, 3.63) is 35.9 Å². The molecule has 110 valence electrons. The van der Waals surface area contributed by atoms with E-state index in [0.29, 0.717) is 11.9 Å². The van der Waals surface area contributed by atoms with Crippen LogP contribution in [0.25, 0.3) is 0 Å². The molecule has 4 heteroatoms. The first kappa shape index (κ1) is 15.3. The zero-order valence-electron chi connectivity index (χ0n) is 11.8. The number of hydrogen-bond acceptors (Lipinski definition) is 2. The standard InChI is InChI=1S/C16H22N2O.ClH/c19-16(14-8-9-17-12-14)18-10-4-7-15(18)11-13-5-2-1-3-6-13;/h1-3,5-6,14-15,17H,4,7-12H2;1H. The first-order valence-electron chi connectivity index (χ1n) is 7.40. The van der Waals surface area contributed by atoms with Crippen molar-refractivity contribution < 1.29 is 4.79 Å². The number of nitrogens with zero attached hydrogens (tertiary/aromatic N) is 1. The van der Waals surface area contributed by atoms with Crippen LogP contribution in [0.2, 0.25) is 0 Å². The number of carbonyl (C=O) groups is 1. The minimum absolute atomic E-state index is 0. The first-order valence-corrected chi connectivity index (χ1v) is 7.40. The SMILES string of the molecule is Cl.O=C(C1CCNC1)N1CCCC1Cc1ccccc1. The molecule has 0 saturated carbocycles. The highest BCUT2D eigenvalue weighted by Gasteiger charge is 2.34. The van der Waals surface area contributed by atoms with Crippen LogP contribution in [0, 0.1) is 5.92 Å². The molecule has 2 heterocycles. The molecule has 3 rings (SSSR count). The summed E-state index contributed by atoms with van der Waals surface area (Å²) in [5.74, 6) is 0.597. The number of rotatable bonds is 3. The Labute approximate surface area is 127 Å². The third-order valence-electron chi connectivity index (χ3n) is 4.38. The minimum atomic E-state index is 0. The van der Waals surface area contributed by atoms with E-state index < -0.39 is 0 Å². The van der Waals surface area contributed by atoms with Gasteiger partial charge in [0.25, 0.3) is 0 Å². The Hall–Kier alpha value is -1.06. The van der Waals surface area contributed by atoms with Crippen molar-refractivity contribution in [2.24, 2.45) is 5.92 Å². The lowest BCUT2D eigenvalue weighted by molar-refractivity contribution is -0.135. The second kappa shape index (κ2) is 7.09. The molecule has 0 bridgehead atoms. The smallest absolute Gasteiger partial charge is 0.227 e. The molecule has 2 aliphatic heterocycles. The monoisotopic (exact) mass is 294 g/mol. The van der Waals surface area contributed by atoms with Gasteiger partial charge < -0.3 is 10.2 Å². The lowest BCUT2D eigenvalue weighted by Crippen LogP contribution is -2.41. The molecule has 0 spiro atoms. The van der Waals surface area contributed by atoms with E-state index >= 15 is 0 Å². The Morgan fingerprint density at radius 2 is 2.05 bits per heavy atom. The molecule has 2 atom stereocenters. The van der Waals surface area contributed by atoms with Gasteiger partial charge in [0.2, 0.25) is 5.91 Å². The summed E-state index contributed by atoms with van der Waals surface area (Å²) in [7, 11) is 0. The van der Waals surface area contributed by atoms with Crippen molar-refractivity contribution in [2.75, 3.05) is 19.6 Å². The van der Waals surface area contributed by atoms with Gasteiger partial charge in [-0.2, -0.15) is 0 Å². The normalized spacial score (nSPS) is 25.5. The summed E-state index contributed by atoms with van der Waals surface area (Å²) in [6.45, 7) is 2.81. The topological polar surface area (TPSA) is 32.3 Å². The van der Waals surface area contributed by atoms with Crippen molar-refractivity contribution >= 4 is 18.3 Å². The van der Waals surface area contributed by atoms with Crippen molar-refractivity contribution in [3.63, 3.8) is 0 Å². The van der Waals surface area contributed by atoms with Crippen molar-refractivity contribution in [1.29, 1.82) is 0 Å². The van der Waals surface area contributed by atoms with Gasteiger partial charge in [0, 0.05) is 19.1 Å². The zero-order chi connectivity index (χ0) is 13.1. The highest BCUT2D eigenvalue weighted by molar-refractivity contribution is 5.85. The number of halogens is 1. The number of amides is 1. The summed E-state index contributed by atoms with van der Waals surface area (Å²) < 4.78 is 0. The Bertz CT molecular complexity index is 431. The summed E-state index contributed by atoms with van der Waals surface area (Å²) in [6.07, 6.45) is 4.32. The van der Waals surface area contributed by atoms with Crippen LogP contribution >= 0.6 is 12.4 Å². The number of nitrogens with one attached hydrogen (secondary N) is 1. The van der Waals surface area contributed by atoms with Gasteiger partial charge in [0.05, 0.1) is 5.92 Å². The van der Waals surface area contributed by atoms with Gasteiger partial charge in [-0.25, -0.2) is 0 Å². The van der Waals surface area contributed by atoms with Crippen molar-refractivity contribution in [2.45, 2.75) is 31.7 Å². The molecule has 2 fully saturated rings. The van der Waals surface area contributed by atoms with Crippen LogP contribution in [0.3, 0.4) is 0 Å². The minimum Gasteiger partial charge on any atom is -0.339 e. The summed E-state index contributed by atoms with van der Waals surface area (Å²) in [6, 6.07) is 11.0. The van der Waals surface area contributed by atoms with Gasteiger partial charge in [-0.3, -0.25) is 4.79 Å². The number of carbonyl (C=O) groups excluding carboxylic acids is 1. The Morgan fingerprint density at radius 3 is 2.75 bits per heavy atom. The Kier molecular flexibility index (Phi) is 5.44. The molecular formula is C16H23ClN2O. The van der Waals surface area contributed by atoms with E-state index in [4.69, 9.17) is 0 Å². The lowest BCUT2D eigenvalue weighted by atomic mass is 10.0. The van der Waals surface area contributed by atoms with E-state index in [0.717, 1.165) is 45.3 Å². The van der Waals surface area contributed by atoms with Crippen LogP contribution < -0.4 is 5.32 Å². The average Bonchev–Trinajstić information content (AvgIpc) is 3.10. The lowest BCUT2D eigenvalue weighted by Gasteiger charge is -2.27. The Balaban J connectivity index is 0.00000147. The maximum atomic E-state index is 12.5. The molecule has 1 N–H and O–H groups in total. The summed E-state index contributed by atoms with van der Waals surface area (Å²) in [5, 5.41) is 3.29. The second-order valence-electron chi connectivity index (χ2n) is 5.71. The molecule has 1 aromatic rings. The van der Waals surface area contributed by atoms with E-state index in [1.807, 2.05) is 6.07 Å². The highest BCUT2D eigenvalue weighted by Crippen LogP contribution is 2.24. The average molecular weight is 295 g/mol. The van der Waals surface area contributed by atoms with E-state index in [1.165, 1.54) is 5.56 Å². The number of benzene rings is 1. The second-order valence-corrected chi connectivity index (χ2v) is 5.71. The van der Waals surface area contributed by atoms with Crippen LogP contribution in [-0.2, 0) is 11.2 Å². The van der Waals surface area contributed by atoms with Gasteiger partial charge in [-0.15, -0.1) is 12.4 Å². The molecule has 0 aliphatic carbocycles. The summed E-state index contributed by atoms with van der Waals surface area (Å²) in [4.78, 5) is 14.7. The number of likely N-dealkylation sites (tertiary alicyclic amines) is 1. The molecule has 2 unspecified atom stereocenters. The quantitative estimate of drug-likeness (QED) is 0.927. The molecule has 1 amide bonds. The van der Waals surface area contributed by atoms with E-state index in [2.05, 4.69) is 34.5 Å². The maximum absolute atomic E-state index is 12.5. The third kappa shape index (κ3) is 3.33. The molecule has 2 aliphatic rings. The van der Waals surface area contributed by atoms with Crippen LogP contribution in [-0.4, -0.2) is 36.5 Å². The van der Waals surface area contributed by atoms with Gasteiger partial charge in [-0.05, 0) is 37.8 Å². The zero-order valence-corrected chi connectivity index (χ0v) is 12.6. The predicted molar refractivity (Wildman–Crippen MR) is 83.1 cm³/mol. The fraction of sp³-hybridized carbons (Fsp3) is 0.562. The highest BCUT2D eigenvalue weighted by atomic mass is 35.5. The van der Waals surface area contributed by atoms with E-state index in [-0.39, 0.29) is 18.3 Å². The first-order chi connectivity index (χ1) is 9.34. The molecule has 0 radical (unpaired) electrons. The summed E-state index contributed by atoms with van der Waals surface area (Å²) in [5.41, 5.74) is 1.34. The van der Waals surface area contributed by atoms with Crippen LogP contribution in [0.15, 0.2) is 30.3 Å². The fourth-order valence-electron chi connectivity index (χ4n) is 3.32. The maximum Gasteiger partial charge on any atom is 0.227 e.